The molecule has 0 amide bonds. The van der Waals surface area contributed by atoms with Gasteiger partial charge in [0.25, 0.3) is 0 Å². The molecule has 0 aliphatic carbocycles. The summed E-state index contributed by atoms with van der Waals surface area (Å²) in [5.74, 6) is 0.0275. The average molecular weight is 204 g/mol. The first-order valence-electron chi connectivity index (χ1n) is 5.13. The maximum atomic E-state index is 10.6. The van der Waals surface area contributed by atoms with E-state index in [4.69, 9.17) is 4.74 Å². The average Bonchev–Trinajstić information content (AvgIpc) is 2.25. The van der Waals surface area contributed by atoms with E-state index in [2.05, 4.69) is 19.1 Å². The van der Waals surface area contributed by atoms with Crippen LogP contribution in [0.4, 0.5) is 0 Å². The van der Waals surface area contributed by atoms with E-state index in [9.17, 15) is 4.79 Å². The molecule has 80 valence electrons. The van der Waals surface area contributed by atoms with E-state index in [1.54, 1.807) is 0 Å². The number of allylic oxidation sites excluding steroid dienone is 1. The number of carbonyl (C=O) groups excluding carboxylic acids is 1. The van der Waals surface area contributed by atoms with Gasteiger partial charge in [0.15, 0.2) is 0 Å². The van der Waals surface area contributed by atoms with Gasteiger partial charge in [-0.1, -0.05) is 37.3 Å². The minimum atomic E-state index is -0.283. The van der Waals surface area contributed by atoms with Crippen molar-refractivity contribution in [2.75, 3.05) is 0 Å². The van der Waals surface area contributed by atoms with Gasteiger partial charge in [-0.2, -0.15) is 0 Å². The van der Waals surface area contributed by atoms with Crippen LogP contribution in [0.2, 0.25) is 0 Å². The quantitative estimate of drug-likeness (QED) is 0.556. The number of ether oxygens (including phenoxy) is 1. The largest absolute Gasteiger partial charge is 0.435 e. The Morgan fingerprint density at radius 1 is 1.40 bits per heavy atom. The highest BCUT2D eigenvalue weighted by molar-refractivity contribution is 5.66. The van der Waals surface area contributed by atoms with Crippen LogP contribution < -0.4 is 0 Å². The Balaban J connectivity index is 2.64. The minimum absolute atomic E-state index is 0.283. The number of carbonyl (C=O) groups is 1. The van der Waals surface area contributed by atoms with Crippen LogP contribution in [0.1, 0.15) is 31.7 Å². The zero-order valence-corrected chi connectivity index (χ0v) is 9.14. The molecule has 15 heavy (non-hydrogen) atoms. The lowest BCUT2D eigenvalue weighted by Crippen LogP contribution is -1.95. The first-order valence-corrected chi connectivity index (χ1v) is 5.13. The van der Waals surface area contributed by atoms with Gasteiger partial charge in [0.05, 0.1) is 6.26 Å². The Labute approximate surface area is 90.6 Å². The predicted octanol–water partition coefficient (Wildman–Crippen LogP) is 3.26. The standard InChI is InChI=1S/C13H16O2/c1-3-12(9-10-15-11(2)14)13-7-5-4-6-8-13/h4-10,12H,3H2,1-2H3/b10-9+/t12-/m0/s1. The van der Waals surface area contributed by atoms with E-state index in [1.807, 2.05) is 24.3 Å². The summed E-state index contributed by atoms with van der Waals surface area (Å²) in [5, 5.41) is 0. The maximum Gasteiger partial charge on any atom is 0.307 e. The summed E-state index contributed by atoms with van der Waals surface area (Å²) in [7, 11) is 0. The SMILES string of the molecule is CC[C@@H](/C=C/OC(C)=O)c1ccccc1. The lowest BCUT2D eigenvalue weighted by Gasteiger charge is -2.09. The topological polar surface area (TPSA) is 26.3 Å². The summed E-state index contributed by atoms with van der Waals surface area (Å²) in [6.45, 7) is 3.50. The molecule has 1 rings (SSSR count). The van der Waals surface area contributed by atoms with Crippen LogP contribution in [0.15, 0.2) is 42.7 Å². The molecule has 0 heterocycles. The van der Waals surface area contributed by atoms with E-state index < -0.39 is 0 Å². The van der Waals surface area contributed by atoms with Crippen molar-refractivity contribution in [3.63, 3.8) is 0 Å². The van der Waals surface area contributed by atoms with Gasteiger partial charge in [-0.3, -0.25) is 4.79 Å². The van der Waals surface area contributed by atoms with Gasteiger partial charge in [0, 0.05) is 12.8 Å². The summed E-state index contributed by atoms with van der Waals surface area (Å²) in [4.78, 5) is 10.6. The van der Waals surface area contributed by atoms with E-state index in [0.717, 1.165) is 6.42 Å². The Bertz CT molecular complexity index is 328. The smallest absolute Gasteiger partial charge is 0.307 e. The molecular weight excluding hydrogens is 188 g/mol. The fourth-order valence-electron chi connectivity index (χ4n) is 1.41. The van der Waals surface area contributed by atoms with Crippen molar-refractivity contribution in [1.82, 2.24) is 0 Å². The van der Waals surface area contributed by atoms with Gasteiger partial charge in [-0.15, -0.1) is 0 Å². The molecule has 1 aromatic rings. The van der Waals surface area contributed by atoms with Crippen LogP contribution in [0.3, 0.4) is 0 Å². The summed E-state index contributed by atoms with van der Waals surface area (Å²) in [6, 6.07) is 10.2. The molecule has 0 aromatic heterocycles. The predicted molar refractivity (Wildman–Crippen MR) is 60.4 cm³/mol. The van der Waals surface area contributed by atoms with Crippen molar-refractivity contribution in [1.29, 1.82) is 0 Å². The fourth-order valence-corrected chi connectivity index (χ4v) is 1.41. The second kappa shape index (κ2) is 6.02. The molecule has 0 radical (unpaired) electrons. The zero-order chi connectivity index (χ0) is 11.1. The van der Waals surface area contributed by atoms with Crippen molar-refractivity contribution >= 4 is 5.97 Å². The van der Waals surface area contributed by atoms with Crippen LogP contribution in [0.25, 0.3) is 0 Å². The molecule has 0 aliphatic heterocycles. The number of benzene rings is 1. The molecule has 0 spiro atoms. The van der Waals surface area contributed by atoms with Crippen molar-refractivity contribution in [3.05, 3.63) is 48.2 Å². The Morgan fingerprint density at radius 2 is 2.07 bits per heavy atom. The molecule has 0 fully saturated rings. The molecule has 0 unspecified atom stereocenters. The van der Waals surface area contributed by atoms with E-state index in [0.29, 0.717) is 5.92 Å². The molecular formula is C13H16O2. The highest BCUT2D eigenvalue weighted by Gasteiger charge is 2.04. The fraction of sp³-hybridized carbons (Fsp3) is 0.308. The van der Waals surface area contributed by atoms with E-state index in [-0.39, 0.29) is 5.97 Å². The molecule has 0 saturated carbocycles. The van der Waals surface area contributed by atoms with Gasteiger partial charge >= 0.3 is 5.97 Å². The summed E-state index contributed by atoms with van der Waals surface area (Å²) < 4.78 is 4.78. The monoisotopic (exact) mass is 204 g/mol. The number of hydrogen-bond acceptors (Lipinski definition) is 2. The summed E-state index contributed by atoms with van der Waals surface area (Å²) in [5.41, 5.74) is 1.24. The lowest BCUT2D eigenvalue weighted by atomic mass is 9.97. The zero-order valence-electron chi connectivity index (χ0n) is 9.14. The lowest BCUT2D eigenvalue weighted by molar-refractivity contribution is -0.135. The molecule has 0 aliphatic rings. The second-order valence-corrected chi connectivity index (χ2v) is 3.36. The van der Waals surface area contributed by atoms with Crippen LogP contribution in [-0.2, 0) is 9.53 Å². The third-order valence-corrected chi connectivity index (χ3v) is 2.21. The Hall–Kier alpha value is -1.57. The van der Waals surface area contributed by atoms with Gasteiger partial charge in [0.1, 0.15) is 0 Å². The molecule has 2 nitrogen and oxygen atoms in total. The maximum absolute atomic E-state index is 10.6. The summed E-state index contributed by atoms with van der Waals surface area (Å²) >= 11 is 0. The molecule has 0 bridgehead atoms. The molecule has 1 atom stereocenters. The van der Waals surface area contributed by atoms with E-state index in [1.165, 1.54) is 18.7 Å². The molecule has 2 heteroatoms. The van der Waals surface area contributed by atoms with Crippen molar-refractivity contribution < 1.29 is 9.53 Å². The van der Waals surface area contributed by atoms with Crippen LogP contribution in [0, 0.1) is 0 Å². The highest BCUT2D eigenvalue weighted by Crippen LogP contribution is 2.20. The van der Waals surface area contributed by atoms with E-state index >= 15 is 0 Å². The first kappa shape index (κ1) is 11.5. The van der Waals surface area contributed by atoms with Crippen LogP contribution in [0.5, 0.6) is 0 Å². The minimum Gasteiger partial charge on any atom is -0.435 e. The number of esters is 1. The number of hydrogen-bond donors (Lipinski definition) is 0. The van der Waals surface area contributed by atoms with Crippen molar-refractivity contribution in [2.24, 2.45) is 0 Å². The molecule has 0 saturated heterocycles. The normalized spacial score (nSPS) is 12.7. The Kier molecular flexibility index (Phi) is 4.61. The molecule has 0 N–H and O–H groups in total. The third kappa shape index (κ3) is 3.98. The highest BCUT2D eigenvalue weighted by atomic mass is 16.5. The van der Waals surface area contributed by atoms with Crippen molar-refractivity contribution in [2.45, 2.75) is 26.2 Å². The number of rotatable bonds is 4. The van der Waals surface area contributed by atoms with Gasteiger partial charge in [0.2, 0.25) is 0 Å². The summed E-state index contributed by atoms with van der Waals surface area (Å²) in [6.07, 6.45) is 4.38. The van der Waals surface area contributed by atoms with Gasteiger partial charge < -0.3 is 4.74 Å². The second-order valence-electron chi connectivity index (χ2n) is 3.36. The Morgan fingerprint density at radius 3 is 2.60 bits per heavy atom. The van der Waals surface area contributed by atoms with Gasteiger partial charge in [-0.05, 0) is 18.1 Å². The third-order valence-electron chi connectivity index (χ3n) is 2.21. The van der Waals surface area contributed by atoms with Gasteiger partial charge in [-0.25, -0.2) is 0 Å². The van der Waals surface area contributed by atoms with Crippen LogP contribution in [-0.4, -0.2) is 5.97 Å². The van der Waals surface area contributed by atoms with Crippen LogP contribution >= 0.6 is 0 Å². The first-order chi connectivity index (χ1) is 7.24. The van der Waals surface area contributed by atoms with Crippen molar-refractivity contribution in [3.8, 4) is 0 Å². The molecule has 1 aromatic carbocycles.